The molecular weight excluding hydrogens is 442 g/mol. The van der Waals surface area contributed by atoms with Crippen LogP contribution < -0.4 is 15.4 Å². The average molecular weight is 474 g/mol. The number of carbonyl (C=O) groups is 1. The number of rotatable bonds is 11. The van der Waals surface area contributed by atoms with Gasteiger partial charge in [0, 0.05) is 42.4 Å². The molecule has 182 valence electrons. The van der Waals surface area contributed by atoms with Crippen LogP contribution in [0.3, 0.4) is 0 Å². The molecule has 0 bridgehead atoms. The Morgan fingerprint density at radius 2 is 1.71 bits per heavy atom. The fraction of sp³-hybridized carbons (Fsp3) is 0.250. The summed E-state index contributed by atoms with van der Waals surface area (Å²) in [5.74, 6) is 0.550. The molecule has 0 saturated heterocycles. The molecule has 35 heavy (non-hydrogen) atoms. The van der Waals surface area contributed by atoms with Crippen molar-refractivity contribution in [2.24, 2.45) is 7.05 Å². The summed E-state index contributed by atoms with van der Waals surface area (Å²) >= 11 is 0. The molecular formula is C28H31N3O4. The lowest BCUT2D eigenvalue weighted by molar-refractivity contribution is 0.0997. The number of carbonyl (C=O) groups excluding carboxylic acids is 1. The zero-order chi connectivity index (χ0) is 24.6. The van der Waals surface area contributed by atoms with Crippen molar-refractivity contribution in [3.8, 4) is 5.75 Å². The van der Waals surface area contributed by atoms with Crippen molar-refractivity contribution in [1.29, 1.82) is 0 Å². The molecule has 3 aromatic carbocycles. The van der Waals surface area contributed by atoms with E-state index in [2.05, 4.69) is 10.6 Å². The average Bonchev–Trinajstić information content (AvgIpc) is 3.23. The number of nitrogens with one attached hydrogen (secondary N) is 2. The van der Waals surface area contributed by atoms with E-state index in [0.717, 1.165) is 16.5 Å². The maximum atomic E-state index is 12.8. The van der Waals surface area contributed by atoms with E-state index in [9.17, 15) is 15.0 Å². The van der Waals surface area contributed by atoms with Crippen molar-refractivity contribution in [2.45, 2.75) is 18.6 Å². The Kier molecular flexibility index (Phi) is 8.15. The van der Waals surface area contributed by atoms with Crippen LogP contribution in [-0.4, -0.2) is 52.6 Å². The fourth-order valence-electron chi connectivity index (χ4n) is 4.00. The van der Waals surface area contributed by atoms with Gasteiger partial charge in [0.1, 0.15) is 18.5 Å². The number of anilines is 1. The van der Waals surface area contributed by atoms with E-state index in [1.165, 1.54) is 0 Å². The molecule has 4 rings (SSSR count). The molecule has 0 aliphatic rings. The molecule has 1 amide bonds. The van der Waals surface area contributed by atoms with Gasteiger partial charge in [0.15, 0.2) is 0 Å². The summed E-state index contributed by atoms with van der Waals surface area (Å²) in [6.45, 7) is 0.406. The number of ether oxygens (including phenoxy) is 1. The maximum absolute atomic E-state index is 12.8. The predicted octanol–water partition coefficient (Wildman–Crippen LogP) is 3.36. The van der Waals surface area contributed by atoms with Crippen molar-refractivity contribution < 1.29 is 19.7 Å². The third-order valence-corrected chi connectivity index (χ3v) is 5.88. The summed E-state index contributed by atoms with van der Waals surface area (Å²) in [5, 5.41) is 27.0. The Balaban J connectivity index is 1.27. The molecule has 7 nitrogen and oxygen atoms in total. The second-order valence-corrected chi connectivity index (χ2v) is 8.59. The van der Waals surface area contributed by atoms with E-state index >= 15 is 0 Å². The number of nitrogens with zero attached hydrogens (tertiary/aromatic N) is 1. The number of aliphatic hydroxyl groups excluding tert-OH is 2. The third-order valence-electron chi connectivity index (χ3n) is 5.88. The quantitative estimate of drug-likeness (QED) is 0.268. The van der Waals surface area contributed by atoms with Gasteiger partial charge < -0.3 is 30.2 Å². The Morgan fingerprint density at radius 3 is 2.46 bits per heavy atom. The minimum absolute atomic E-state index is 0.0637. The van der Waals surface area contributed by atoms with E-state index in [0.29, 0.717) is 30.0 Å². The third kappa shape index (κ3) is 6.48. The molecule has 1 heterocycles. The van der Waals surface area contributed by atoms with Crippen LogP contribution in [0.5, 0.6) is 5.75 Å². The lowest BCUT2D eigenvalue weighted by atomic mass is 10.1. The molecule has 0 radical (unpaired) electrons. The molecule has 4 aromatic rings. The van der Waals surface area contributed by atoms with Gasteiger partial charge in [0.2, 0.25) is 0 Å². The van der Waals surface area contributed by atoms with Crippen molar-refractivity contribution >= 4 is 22.5 Å². The second kappa shape index (κ2) is 11.7. The Labute approximate surface area is 205 Å². The Bertz CT molecular complexity index is 1240. The van der Waals surface area contributed by atoms with Crippen LogP contribution in [0.2, 0.25) is 0 Å². The first-order chi connectivity index (χ1) is 17.0. The SMILES string of the molecule is Cn1cc(C(=O)Nc2ccc(C[C@@H](CO)NC[C@H](O)COc3ccccc3)cc2)c2ccccc21. The van der Waals surface area contributed by atoms with Crippen LogP contribution in [0.4, 0.5) is 5.69 Å². The summed E-state index contributed by atoms with van der Waals surface area (Å²) in [6.07, 6.45) is 1.72. The van der Waals surface area contributed by atoms with E-state index in [1.807, 2.05) is 96.7 Å². The van der Waals surface area contributed by atoms with Crippen LogP contribution in [0.25, 0.3) is 10.9 Å². The number of benzene rings is 3. The summed E-state index contributed by atoms with van der Waals surface area (Å²) in [4.78, 5) is 12.8. The number of amides is 1. The van der Waals surface area contributed by atoms with Crippen LogP contribution >= 0.6 is 0 Å². The lowest BCUT2D eigenvalue weighted by Crippen LogP contribution is -2.41. The minimum atomic E-state index is -0.698. The molecule has 7 heteroatoms. The van der Waals surface area contributed by atoms with E-state index in [4.69, 9.17) is 4.74 Å². The highest BCUT2D eigenvalue weighted by Crippen LogP contribution is 2.22. The number of hydrogen-bond donors (Lipinski definition) is 4. The number of para-hydroxylation sites is 2. The Morgan fingerprint density at radius 1 is 1.00 bits per heavy atom. The molecule has 0 aliphatic heterocycles. The van der Waals surface area contributed by atoms with Crippen LogP contribution in [-0.2, 0) is 13.5 Å². The van der Waals surface area contributed by atoms with Gasteiger partial charge in [-0.1, -0.05) is 48.5 Å². The summed E-state index contributed by atoms with van der Waals surface area (Å²) in [5.41, 5.74) is 3.35. The Hall–Kier alpha value is -3.65. The first-order valence-electron chi connectivity index (χ1n) is 11.7. The van der Waals surface area contributed by atoms with Crippen molar-refractivity contribution in [3.63, 3.8) is 0 Å². The minimum Gasteiger partial charge on any atom is -0.491 e. The van der Waals surface area contributed by atoms with Gasteiger partial charge in [-0.05, 0) is 42.3 Å². The van der Waals surface area contributed by atoms with Crippen LogP contribution in [0, 0.1) is 0 Å². The van der Waals surface area contributed by atoms with Crippen molar-refractivity contribution in [2.75, 3.05) is 25.1 Å². The summed E-state index contributed by atoms with van der Waals surface area (Å²) in [7, 11) is 1.93. The standard InChI is InChI=1S/C28H31N3O4/c1-31-17-26(25-9-5-6-10-27(25)31)28(34)30-21-13-11-20(12-14-21)15-22(18-32)29-16-23(33)19-35-24-7-3-2-4-8-24/h2-14,17,22-23,29,32-33H,15-16,18-19H2,1H3,(H,30,34)/t22-,23-/m0/s1. The second-order valence-electron chi connectivity index (χ2n) is 8.59. The first-order valence-corrected chi connectivity index (χ1v) is 11.7. The van der Waals surface area contributed by atoms with E-state index in [-0.39, 0.29) is 25.2 Å². The normalized spacial score (nSPS) is 12.9. The van der Waals surface area contributed by atoms with E-state index < -0.39 is 6.10 Å². The molecule has 0 fully saturated rings. The van der Waals surface area contributed by atoms with Gasteiger partial charge in [-0.3, -0.25) is 4.79 Å². The monoisotopic (exact) mass is 473 g/mol. The highest BCUT2D eigenvalue weighted by molar-refractivity contribution is 6.12. The molecule has 0 saturated carbocycles. The largest absolute Gasteiger partial charge is 0.491 e. The first kappa shape index (κ1) is 24.5. The van der Waals surface area contributed by atoms with Gasteiger partial charge >= 0.3 is 0 Å². The number of aryl methyl sites for hydroxylation is 1. The molecule has 4 N–H and O–H groups in total. The fourth-order valence-corrected chi connectivity index (χ4v) is 4.00. The van der Waals surface area contributed by atoms with Gasteiger partial charge in [0.05, 0.1) is 12.2 Å². The molecule has 0 aliphatic carbocycles. The topological polar surface area (TPSA) is 95.8 Å². The summed E-state index contributed by atoms with van der Waals surface area (Å²) in [6, 6.07) is 24.5. The highest BCUT2D eigenvalue weighted by Gasteiger charge is 2.15. The number of fused-ring (bicyclic) bond motifs is 1. The maximum Gasteiger partial charge on any atom is 0.257 e. The smallest absolute Gasteiger partial charge is 0.257 e. The van der Waals surface area contributed by atoms with Crippen LogP contribution in [0.1, 0.15) is 15.9 Å². The molecule has 0 spiro atoms. The van der Waals surface area contributed by atoms with E-state index in [1.54, 1.807) is 0 Å². The zero-order valence-electron chi connectivity index (χ0n) is 19.7. The van der Waals surface area contributed by atoms with Gasteiger partial charge in [-0.15, -0.1) is 0 Å². The van der Waals surface area contributed by atoms with Crippen molar-refractivity contribution in [3.05, 3.63) is 96.2 Å². The number of aliphatic hydroxyl groups is 2. The summed E-state index contributed by atoms with van der Waals surface area (Å²) < 4.78 is 7.51. The number of hydrogen-bond acceptors (Lipinski definition) is 5. The lowest BCUT2D eigenvalue weighted by Gasteiger charge is -2.19. The molecule has 0 unspecified atom stereocenters. The highest BCUT2D eigenvalue weighted by atomic mass is 16.5. The van der Waals surface area contributed by atoms with Crippen molar-refractivity contribution in [1.82, 2.24) is 9.88 Å². The molecule has 2 atom stereocenters. The van der Waals surface area contributed by atoms with Crippen LogP contribution in [0.15, 0.2) is 85.1 Å². The predicted molar refractivity (Wildman–Crippen MR) is 138 cm³/mol. The number of aromatic nitrogens is 1. The van der Waals surface area contributed by atoms with Gasteiger partial charge in [0.25, 0.3) is 5.91 Å². The molecule has 1 aromatic heterocycles. The van der Waals surface area contributed by atoms with Gasteiger partial charge in [-0.25, -0.2) is 0 Å². The van der Waals surface area contributed by atoms with Gasteiger partial charge in [-0.2, -0.15) is 0 Å². The zero-order valence-corrected chi connectivity index (χ0v) is 19.7.